The van der Waals surface area contributed by atoms with E-state index in [2.05, 4.69) is 0 Å². The maximum Gasteiger partial charge on any atom is 0.373 e. The zero-order chi connectivity index (χ0) is 38.3. The Morgan fingerprint density at radius 3 is 1.76 bits per heavy atom. The second-order valence-electron chi connectivity index (χ2n) is 12.4. The summed E-state index contributed by atoms with van der Waals surface area (Å²) in [6.07, 6.45) is 11.8. The van der Waals surface area contributed by atoms with E-state index in [1.165, 1.54) is 37.0 Å². The predicted octanol–water partition coefficient (Wildman–Crippen LogP) is 1.08. The molecule has 288 valence electrons. The summed E-state index contributed by atoms with van der Waals surface area (Å²) in [5, 5.41) is 34.5. The number of carboxylic acids is 4. The van der Waals surface area contributed by atoms with E-state index < -0.39 is 43.0 Å². The van der Waals surface area contributed by atoms with Crippen LogP contribution in [0.15, 0.2) is 0 Å². The molecule has 0 radical (unpaired) electrons. The van der Waals surface area contributed by atoms with Gasteiger partial charge in [0, 0.05) is 46.1 Å². The van der Waals surface area contributed by atoms with Gasteiger partial charge in [-0.05, 0) is 32.2 Å². The van der Waals surface area contributed by atoms with E-state index in [1.54, 1.807) is 11.9 Å². The van der Waals surface area contributed by atoms with Crippen LogP contribution in [0.2, 0.25) is 0 Å². The molecule has 0 aliphatic heterocycles. The Bertz CT molecular complexity index is 1010. The molecule has 17 heteroatoms. The number of hydrogen-bond donors (Lipinski definition) is 5. The molecule has 0 heterocycles. The number of aliphatic carboxylic acids is 4. The van der Waals surface area contributed by atoms with E-state index in [0.717, 1.165) is 45.4 Å². The fourth-order valence-corrected chi connectivity index (χ4v) is 5.35. The molecule has 0 spiro atoms. The molecule has 1 fully saturated rings. The normalized spacial score (nSPS) is 13.4. The van der Waals surface area contributed by atoms with Gasteiger partial charge < -0.3 is 30.9 Å². The van der Waals surface area contributed by atoms with Crippen molar-refractivity contribution in [3.05, 3.63) is 0 Å². The fraction of sp³-hybridized carbons (Fsp3) is 0.788. The first-order valence-electron chi connectivity index (χ1n) is 17.0. The molecular formula is C33H58N4O13. The zero-order valence-corrected chi connectivity index (χ0v) is 29.6. The van der Waals surface area contributed by atoms with Crippen molar-refractivity contribution in [2.45, 2.75) is 90.0 Å². The van der Waals surface area contributed by atoms with Gasteiger partial charge in [0.05, 0.1) is 32.2 Å². The number of hydrogen-bond acceptors (Lipinski definition) is 13. The number of unbranched alkanes of at least 4 members (excludes halogenated alkanes) is 4. The average Bonchev–Trinajstić information content (AvgIpc) is 3.01. The van der Waals surface area contributed by atoms with E-state index in [0.29, 0.717) is 32.0 Å². The highest BCUT2D eigenvalue weighted by molar-refractivity contribution is 5.85. The quantitative estimate of drug-likeness (QED) is 0.0744. The van der Waals surface area contributed by atoms with Gasteiger partial charge in [0.1, 0.15) is 12.4 Å². The highest BCUT2D eigenvalue weighted by atomic mass is 16.5. The van der Waals surface area contributed by atoms with Crippen molar-refractivity contribution in [1.29, 1.82) is 0 Å². The van der Waals surface area contributed by atoms with Gasteiger partial charge >= 0.3 is 24.1 Å². The van der Waals surface area contributed by atoms with Crippen LogP contribution in [0.25, 0.3) is 0 Å². The molecule has 0 amide bonds. The van der Waals surface area contributed by atoms with Crippen LogP contribution in [0.3, 0.4) is 0 Å². The highest BCUT2D eigenvalue weighted by Gasteiger charge is 2.21. The van der Waals surface area contributed by atoms with Crippen LogP contribution < -0.4 is 5.73 Å². The fourth-order valence-electron chi connectivity index (χ4n) is 5.35. The van der Waals surface area contributed by atoms with Crippen LogP contribution >= 0.6 is 0 Å². The van der Waals surface area contributed by atoms with Crippen molar-refractivity contribution in [3.8, 4) is 0 Å². The Labute approximate surface area is 294 Å². The monoisotopic (exact) mass is 718 g/mol. The molecule has 0 saturated heterocycles. The number of likely N-dealkylation sites (N-methyl/N-ethyl adjacent to an activating group) is 1. The molecular weight excluding hydrogens is 660 g/mol. The summed E-state index contributed by atoms with van der Waals surface area (Å²) in [4.78, 5) is 88.0. The van der Waals surface area contributed by atoms with Gasteiger partial charge in [-0.1, -0.05) is 51.4 Å². The van der Waals surface area contributed by atoms with Gasteiger partial charge in [-0.3, -0.25) is 43.5 Å². The van der Waals surface area contributed by atoms with Crippen molar-refractivity contribution >= 4 is 41.6 Å². The first-order chi connectivity index (χ1) is 23.6. The zero-order valence-electron chi connectivity index (χ0n) is 29.6. The highest BCUT2D eigenvalue weighted by Crippen LogP contribution is 2.27. The third-order valence-electron chi connectivity index (χ3n) is 7.77. The van der Waals surface area contributed by atoms with Crippen molar-refractivity contribution in [1.82, 2.24) is 14.7 Å². The lowest BCUT2D eigenvalue weighted by Gasteiger charge is -2.27. The second kappa shape index (κ2) is 31.4. The number of Topliss-reactive ketones (excluding diaryl/α,β-unsaturated/α-hetero) is 2. The van der Waals surface area contributed by atoms with Crippen LogP contribution in [-0.4, -0.2) is 155 Å². The Kier molecular flexibility index (Phi) is 30.5. The average molecular weight is 719 g/mol. The summed E-state index contributed by atoms with van der Waals surface area (Å²) in [6.45, 7) is 1.97. The van der Waals surface area contributed by atoms with Crippen molar-refractivity contribution in [3.63, 3.8) is 0 Å². The Balaban J connectivity index is 0. The number of carbonyl (C=O) groups is 6. The van der Waals surface area contributed by atoms with E-state index >= 15 is 0 Å². The molecule has 1 rings (SSSR count). The minimum absolute atomic E-state index is 0.0234. The number of nitrogens with zero attached hydrogens (tertiary/aromatic N) is 3. The molecule has 1 aliphatic rings. The Morgan fingerprint density at radius 1 is 0.740 bits per heavy atom. The van der Waals surface area contributed by atoms with Gasteiger partial charge in [0.2, 0.25) is 0 Å². The Hall–Kier alpha value is -3.60. The number of ether oxygens (including phenoxy) is 1. The predicted molar refractivity (Wildman–Crippen MR) is 179 cm³/mol. The summed E-state index contributed by atoms with van der Waals surface area (Å²) >= 11 is 0. The largest absolute Gasteiger partial charge is 0.481 e. The van der Waals surface area contributed by atoms with Gasteiger partial charge in [0.15, 0.2) is 5.78 Å². The summed E-state index contributed by atoms with van der Waals surface area (Å²) in [7, 11) is 1.66. The third kappa shape index (κ3) is 32.9. The third-order valence-corrected chi connectivity index (χ3v) is 7.77. The molecule has 50 heavy (non-hydrogen) atoms. The van der Waals surface area contributed by atoms with Crippen LogP contribution in [0.4, 0.5) is 0 Å². The van der Waals surface area contributed by atoms with Crippen molar-refractivity contribution in [2.24, 2.45) is 11.7 Å². The van der Waals surface area contributed by atoms with E-state index in [-0.39, 0.29) is 50.5 Å². The molecule has 6 N–H and O–H groups in total. The number of ketones is 2. The number of carboxylic acid groups (broad SMARTS) is 4. The van der Waals surface area contributed by atoms with Gasteiger partial charge in [-0.15, -0.1) is 0 Å². The maximum absolute atomic E-state index is 12.7. The minimum Gasteiger partial charge on any atom is -0.481 e. The molecule has 0 unspecified atom stereocenters. The summed E-state index contributed by atoms with van der Waals surface area (Å²) in [6, 6.07) is -0.435. The SMILES string of the molecule is CC(=O)O.CN(CCN(CCN(CC(=O)O)CC(=O)O)CC(=O)CCCCCCCOCC(=O)[C@H](N)CC1CCCCC1)CC(=O)O.O=C=O. The number of carbonyl (C=O) groups excluding carboxylic acids is 4. The number of nitrogens with two attached hydrogens (primary N) is 1. The van der Waals surface area contributed by atoms with Gasteiger partial charge in [-0.25, -0.2) is 0 Å². The van der Waals surface area contributed by atoms with Crippen LogP contribution in [0, 0.1) is 5.92 Å². The van der Waals surface area contributed by atoms with Crippen molar-refractivity contribution < 1.29 is 63.5 Å². The van der Waals surface area contributed by atoms with E-state index in [4.69, 9.17) is 45.3 Å². The molecule has 0 aromatic carbocycles. The minimum atomic E-state index is -1.14. The molecule has 0 aromatic heterocycles. The van der Waals surface area contributed by atoms with E-state index in [1.807, 2.05) is 4.90 Å². The lowest BCUT2D eigenvalue weighted by Crippen LogP contribution is -2.44. The van der Waals surface area contributed by atoms with Crippen LogP contribution in [0.5, 0.6) is 0 Å². The van der Waals surface area contributed by atoms with Crippen LogP contribution in [0.1, 0.15) is 84.0 Å². The molecule has 0 bridgehead atoms. The summed E-state index contributed by atoms with van der Waals surface area (Å²) in [5.41, 5.74) is 6.08. The first-order valence-corrected chi connectivity index (χ1v) is 17.0. The van der Waals surface area contributed by atoms with Crippen LogP contribution in [-0.2, 0) is 43.1 Å². The smallest absolute Gasteiger partial charge is 0.373 e. The standard InChI is InChI=1S/C30H54N4O9.C2H4O2.CO2/c1-32(20-28(37)38)13-14-33(15-16-34(21-29(39)40)22-30(41)42)19-25(35)12-8-3-2-4-9-17-43-23-27(36)26(31)18-24-10-6-5-7-11-24;1-2(3)4;2-1-3/h24,26H,2-23,31H2,1H3,(H,37,38)(H,39,40)(H,41,42);1H3,(H,3,4);/t26-;;/m1../s1. The molecule has 17 nitrogen and oxygen atoms in total. The molecule has 1 saturated carbocycles. The topological polar surface area (TPSA) is 262 Å². The lowest BCUT2D eigenvalue weighted by molar-refractivity contribution is -0.192. The second-order valence-corrected chi connectivity index (χ2v) is 12.4. The first kappa shape index (κ1) is 48.5. The van der Waals surface area contributed by atoms with E-state index in [9.17, 15) is 24.0 Å². The molecule has 1 aliphatic carbocycles. The van der Waals surface area contributed by atoms with Gasteiger partial charge in [-0.2, -0.15) is 9.59 Å². The molecule has 0 aromatic rings. The number of rotatable bonds is 27. The molecule has 1 atom stereocenters. The summed E-state index contributed by atoms with van der Waals surface area (Å²) in [5.74, 6) is -3.52. The maximum atomic E-state index is 12.7. The van der Waals surface area contributed by atoms with Gasteiger partial charge in [0.25, 0.3) is 5.97 Å². The lowest BCUT2D eigenvalue weighted by atomic mass is 9.84. The summed E-state index contributed by atoms with van der Waals surface area (Å²) < 4.78 is 5.54. The Morgan fingerprint density at radius 2 is 1.22 bits per heavy atom. The van der Waals surface area contributed by atoms with Crippen molar-refractivity contribution in [2.75, 3.05) is 72.6 Å².